The fraction of sp³-hybridized carbons (Fsp3) is 0.100. The summed E-state index contributed by atoms with van der Waals surface area (Å²) in [4.78, 5) is 26.8. The average Bonchev–Trinajstić information content (AvgIpc) is 3.15. The molecule has 0 saturated heterocycles. The van der Waals surface area contributed by atoms with Gasteiger partial charge in [-0.3, -0.25) is 19.0 Å². The number of thioether (sulfide) groups is 1. The van der Waals surface area contributed by atoms with Gasteiger partial charge in [0, 0.05) is 11.8 Å². The topological polar surface area (TPSA) is 92.2 Å². The van der Waals surface area contributed by atoms with Gasteiger partial charge in [-0.25, -0.2) is 0 Å². The molecule has 0 saturated carbocycles. The smallest absolute Gasteiger partial charge is 0.325 e. The highest BCUT2D eigenvalue weighted by Gasteiger charge is 2.30. The number of carbonyl (C=O) groups excluding carboxylic acids is 1. The molecule has 2 N–H and O–H groups in total. The Balaban J connectivity index is 1.52. The van der Waals surface area contributed by atoms with Crippen LogP contribution in [0.1, 0.15) is 5.56 Å². The zero-order chi connectivity index (χ0) is 22.0. The van der Waals surface area contributed by atoms with E-state index in [-0.39, 0.29) is 22.8 Å². The fourth-order valence-electron chi connectivity index (χ4n) is 2.89. The number of rotatable bonds is 5. The van der Waals surface area contributed by atoms with Gasteiger partial charge in [0.05, 0.1) is 17.0 Å². The van der Waals surface area contributed by atoms with Crippen LogP contribution in [0.15, 0.2) is 70.6 Å². The van der Waals surface area contributed by atoms with Crippen LogP contribution in [-0.4, -0.2) is 31.2 Å². The number of anilines is 1. The highest BCUT2D eigenvalue weighted by molar-refractivity contribution is 7.99. The summed E-state index contributed by atoms with van der Waals surface area (Å²) >= 11 is 1.08. The summed E-state index contributed by atoms with van der Waals surface area (Å²) < 4.78 is 39.6. The van der Waals surface area contributed by atoms with Gasteiger partial charge in [-0.15, -0.1) is 10.2 Å². The van der Waals surface area contributed by atoms with E-state index in [2.05, 4.69) is 20.5 Å². The van der Waals surface area contributed by atoms with Gasteiger partial charge in [-0.2, -0.15) is 13.2 Å². The second kappa shape index (κ2) is 8.26. The molecule has 31 heavy (non-hydrogen) atoms. The fourth-order valence-corrected chi connectivity index (χ4v) is 3.63. The quantitative estimate of drug-likeness (QED) is 0.456. The van der Waals surface area contributed by atoms with Crippen molar-refractivity contribution in [3.8, 4) is 11.3 Å². The lowest BCUT2D eigenvalue weighted by Crippen LogP contribution is -2.15. The van der Waals surface area contributed by atoms with Gasteiger partial charge in [-0.05, 0) is 29.8 Å². The number of hydrogen-bond acceptors (Lipinski definition) is 5. The van der Waals surface area contributed by atoms with Crippen LogP contribution in [-0.2, 0) is 11.0 Å². The highest BCUT2D eigenvalue weighted by Crippen LogP contribution is 2.30. The maximum absolute atomic E-state index is 12.6. The SMILES string of the molecule is O=C(CSc1nnc2[nH]c(=O)cc(-c3ccccc3)n12)Nc1ccc(C(F)(F)F)cc1. The number of H-pyrrole nitrogens is 1. The lowest BCUT2D eigenvalue weighted by Gasteiger charge is -2.09. The largest absolute Gasteiger partial charge is 0.416 e. The van der Waals surface area contributed by atoms with Crippen LogP contribution in [0.3, 0.4) is 0 Å². The summed E-state index contributed by atoms with van der Waals surface area (Å²) in [6.45, 7) is 0. The molecule has 7 nitrogen and oxygen atoms in total. The first-order valence-corrected chi connectivity index (χ1v) is 9.93. The first-order valence-electron chi connectivity index (χ1n) is 8.95. The van der Waals surface area contributed by atoms with Crippen molar-refractivity contribution in [1.29, 1.82) is 0 Å². The molecule has 0 fully saturated rings. The van der Waals surface area contributed by atoms with Crippen molar-refractivity contribution in [3.05, 3.63) is 76.6 Å². The maximum atomic E-state index is 12.6. The van der Waals surface area contributed by atoms with E-state index in [1.165, 1.54) is 18.2 Å². The number of alkyl halides is 3. The lowest BCUT2D eigenvalue weighted by molar-refractivity contribution is -0.137. The molecule has 0 aliphatic heterocycles. The van der Waals surface area contributed by atoms with E-state index in [0.29, 0.717) is 10.9 Å². The lowest BCUT2D eigenvalue weighted by atomic mass is 10.1. The number of nitrogens with zero attached hydrogens (tertiary/aromatic N) is 3. The van der Waals surface area contributed by atoms with Crippen molar-refractivity contribution in [2.75, 3.05) is 11.1 Å². The Hall–Kier alpha value is -3.60. The maximum Gasteiger partial charge on any atom is 0.416 e. The summed E-state index contributed by atoms with van der Waals surface area (Å²) in [6.07, 6.45) is -4.44. The van der Waals surface area contributed by atoms with E-state index in [9.17, 15) is 22.8 Å². The molecule has 11 heteroatoms. The molecule has 0 aliphatic rings. The average molecular weight is 445 g/mol. The zero-order valence-corrected chi connectivity index (χ0v) is 16.5. The number of amides is 1. The highest BCUT2D eigenvalue weighted by atomic mass is 32.2. The molecule has 2 aromatic carbocycles. The van der Waals surface area contributed by atoms with E-state index in [1.807, 2.05) is 30.3 Å². The monoisotopic (exact) mass is 445 g/mol. The van der Waals surface area contributed by atoms with Gasteiger partial charge in [0.25, 0.3) is 5.56 Å². The Labute approximate surface area is 177 Å². The van der Waals surface area contributed by atoms with E-state index < -0.39 is 17.6 Å². The summed E-state index contributed by atoms with van der Waals surface area (Å²) in [6, 6.07) is 14.8. The predicted molar refractivity (Wildman–Crippen MR) is 110 cm³/mol. The van der Waals surface area contributed by atoms with Crippen molar-refractivity contribution in [1.82, 2.24) is 19.6 Å². The zero-order valence-electron chi connectivity index (χ0n) is 15.7. The second-order valence-corrected chi connectivity index (χ2v) is 7.38. The van der Waals surface area contributed by atoms with Crippen LogP contribution in [0.2, 0.25) is 0 Å². The first kappa shape index (κ1) is 20.7. The van der Waals surface area contributed by atoms with Gasteiger partial charge < -0.3 is 5.32 Å². The number of hydrogen-bond donors (Lipinski definition) is 2. The van der Waals surface area contributed by atoms with Gasteiger partial charge in [-0.1, -0.05) is 42.1 Å². The number of nitrogens with one attached hydrogen (secondary N) is 2. The molecule has 0 spiro atoms. The molecule has 0 aliphatic carbocycles. The standard InChI is InChI=1S/C20H14F3N5O2S/c21-20(22,23)13-6-8-14(9-7-13)24-17(30)11-31-19-27-26-18-25-16(29)10-15(28(18)19)12-4-2-1-3-5-12/h1-10H,11H2,(H,24,30)(H,25,26,29). The van der Waals surface area contributed by atoms with E-state index in [1.54, 1.807) is 4.40 Å². The Kier molecular flexibility index (Phi) is 5.51. The minimum atomic E-state index is -4.44. The van der Waals surface area contributed by atoms with Crippen LogP contribution >= 0.6 is 11.8 Å². The second-order valence-electron chi connectivity index (χ2n) is 6.44. The summed E-state index contributed by atoms with van der Waals surface area (Å²) in [5.41, 5.74) is 0.455. The van der Waals surface area contributed by atoms with Crippen LogP contribution in [0, 0.1) is 0 Å². The Morgan fingerprint density at radius 2 is 1.77 bits per heavy atom. The summed E-state index contributed by atoms with van der Waals surface area (Å²) in [5.74, 6) is -0.251. The molecule has 4 rings (SSSR count). The molecule has 2 aromatic heterocycles. The van der Waals surface area contributed by atoms with Crippen molar-refractivity contribution < 1.29 is 18.0 Å². The van der Waals surface area contributed by atoms with Gasteiger partial charge in [0.1, 0.15) is 0 Å². The minimum absolute atomic E-state index is 0.0603. The van der Waals surface area contributed by atoms with E-state index in [0.717, 1.165) is 29.5 Å². The molecule has 0 unspecified atom stereocenters. The third-order valence-electron chi connectivity index (χ3n) is 4.27. The third kappa shape index (κ3) is 4.61. The van der Waals surface area contributed by atoms with Crippen LogP contribution in [0.25, 0.3) is 17.0 Å². The Morgan fingerprint density at radius 3 is 2.45 bits per heavy atom. The number of aromatic amines is 1. The Morgan fingerprint density at radius 1 is 1.06 bits per heavy atom. The summed E-state index contributed by atoms with van der Waals surface area (Å²) in [7, 11) is 0. The van der Waals surface area contributed by atoms with Crippen molar-refractivity contribution in [2.24, 2.45) is 0 Å². The van der Waals surface area contributed by atoms with Crippen molar-refractivity contribution >= 4 is 29.1 Å². The Bertz CT molecular complexity index is 1280. The molecule has 0 bridgehead atoms. The van der Waals surface area contributed by atoms with Crippen molar-refractivity contribution in [2.45, 2.75) is 11.3 Å². The predicted octanol–water partition coefficient (Wildman–Crippen LogP) is 3.83. The molecule has 0 atom stereocenters. The van der Waals surface area contributed by atoms with E-state index >= 15 is 0 Å². The molecular weight excluding hydrogens is 431 g/mol. The van der Waals surface area contributed by atoms with Gasteiger partial charge >= 0.3 is 6.18 Å². The molecule has 2 heterocycles. The molecule has 4 aromatic rings. The number of carbonyl (C=O) groups is 1. The van der Waals surface area contributed by atoms with Crippen LogP contribution in [0.5, 0.6) is 0 Å². The normalized spacial score (nSPS) is 11.6. The first-order chi connectivity index (χ1) is 14.8. The van der Waals surface area contributed by atoms with Gasteiger partial charge in [0.2, 0.25) is 11.7 Å². The molecule has 1 amide bonds. The van der Waals surface area contributed by atoms with Crippen LogP contribution < -0.4 is 10.9 Å². The molecular formula is C20H14F3N5O2S. The third-order valence-corrected chi connectivity index (χ3v) is 5.20. The number of benzene rings is 2. The number of aromatic nitrogens is 4. The van der Waals surface area contributed by atoms with Crippen molar-refractivity contribution in [3.63, 3.8) is 0 Å². The minimum Gasteiger partial charge on any atom is -0.325 e. The van der Waals surface area contributed by atoms with E-state index in [4.69, 9.17) is 0 Å². The summed E-state index contributed by atoms with van der Waals surface area (Å²) in [5, 5.41) is 10.9. The van der Waals surface area contributed by atoms with Gasteiger partial charge in [0.15, 0.2) is 5.16 Å². The molecule has 158 valence electrons. The van der Waals surface area contributed by atoms with Crippen LogP contribution in [0.4, 0.5) is 18.9 Å². The number of halogens is 3. The molecule has 0 radical (unpaired) electrons. The number of fused-ring (bicyclic) bond motifs is 1.